The Labute approximate surface area is 149 Å². The van der Waals surface area contributed by atoms with Gasteiger partial charge in [0.25, 0.3) is 0 Å². The van der Waals surface area contributed by atoms with Crippen LogP contribution in [0.4, 0.5) is 4.39 Å². The molecule has 2 aliphatic heterocycles. The molecule has 3 rings (SSSR count). The number of aliphatic hydroxyl groups excluding tert-OH is 1. The van der Waals surface area contributed by atoms with Crippen LogP contribution >= 0.6 is 0 Å². The van der Waals surface area contributed by atoms with Gasteiger partial charge in [-0.25, -0.2) is 4.39 Å². The molecule has 0 aromatic heterocycles. The van der Waals surface area contributed by atoms with Crippen molar-refractivity contribution in [2.24, 2.45) is 5.41 Å². The largest absolute Gasteiger partial charge is 0.396 e. The molecule has 1 amide bonds. The Morgan fingerprint density at radius 3 is 2.48 bits per heavy atom. The van der Waals surface area contributed by atoms with Gasteiger partial charge in [-0.1, -0.05) is 19.1 Å². The third-order valence-corrected chi connectivity index (χ3v) is 6.33. The predicted octanol–water partition coefficient (Wildman–Crippen LogP) is 2.89. The summed E-state index contributed by atoms with van der Waals surface area (Å²) in [5.74, 6) is -0.218. The van der Waals surface area contributed by atoms with Crippen molar-refractivity contribution in [2.45, 2.75) is 44.4 Å². The van der Waals surface area contributed by atoms with Gasteiger partial charge in [-0.05, 0) is 55.2 Å². The van der Waals surface area contributed by atoms with Crippen molar-refractivity contribution in [1.29, 1.82) is 0 Å². The second-order valence-corrected chi connectivity index (χ2v) is 7.51. The fourth-order valence-electron chi connectivity index (χ4n) is 4.24. The predicted molar refractivity (Wildman–Crippen MR) is 93.8 cm³/mol. The lowest BCUT2D eigenvalue weighted by molar-refractivity contribution is -0.144. The lowest BCUT2D eigenvalue weighted by atomic mass is 9.71. The zero-order valence-electron chi connectivity index (χ0n) is 15.0. The van der Waals surface area contributed by atoms with Gasteiger partial charge in [-0.15, -0.1) is 0 Å². The number of carbonyl (C=O) groups is 1. The average molecular weight is 349 g/mol. The van der Waals surface area contributed by atoms with Gasteiger partial charge in [-0.2, -0.15) is 0 Å². The highest BCUT2D eigenvalue weighted by atomic mass is 19.1. The van der Waals surface area contributed by atoms with E-state index in [1.807, 2.05) is 11.0 Å². The molecule has 0 aliphatic carbocycles. The van der Waals surface area contributed by atoms with Gasteiger partial charge in [0.1, 0.15) is 5.82 Å². The molecule has 1 aromatic rings. The summed E-state index contributed by atoms with van der Waals surface area (Å²) in [5, 5.41) is 9.71. The summed E-state index contributed by atoms with van der Waals surface area (Å²) in [5.41, 5.74) is 0.0137. The maximum atomic E-state index is 13.8. The van der Waals surface area contributed by atoms with Crippen LogP contribution in [-0.2, 0) is 14.9 Å². The van der Waals surface area contributed by atoms with Crippen molar-refractivity contribution in [2.75, 3.05) is 32.9 Å². The minimum Gasteiger partial charge on any atom is -0.396 e. The van der Waals surface area contributed by atoms with E-state index in [1.165, 1.54) is 12.1 Å². The number of hydrogen-bond acceptors (Lipinski definition) is 3. The quantitative estimate of drug-likeness (QED) is 0.909. The van der Waals surface area contributed by atoms with E-state index in [-0.39, 0.29) is 23.7 Å². The van der Waals surface area contributed by atoms with E-state index in [2.05, 4.69) is 6.92 Å². The molecular weight excluding hydrogens is 321 g/mol. The number of halogens is 1. The standard InChI is InChI=1S/C20H28FNO3/c1-2-19(15-23)6-10-22(11-7-19)18(24)20(8-12-25-13-9-20)16-4-3-5-17(21)14-16/h3-5,14,23H,2,6-13,15H2,1H3. The first-order valence-electron chi connectivity index (χ1n) is 9.29. The van der Waals surface area contributed by atoms with E-state index >= 15 is 0 Å². The highest BCUT2D eigenvalue weighted by Gasteiger charge is 2.46. The number of amides is 1. The van der Waals surface area contributed by atoms with Crippen molar-refractivity contribution < 1.29 is 19.0 Å². The monoisotopic (exact) mass is 349 g/mol. The van der Waals surface area contributed by atoms with Crippen LogP contribution in [0.1, 0.15) is 44.6 Å². The van der Waals surface area contributed by atoms with Crippen LogP contribution in [0.25, 0.3) is 0 Å². The number of rotatable bonds is 4. The number of carbonyl (C=O) groups excluding carboxylic acids is 1. The summed E-state index contributed by atoms with van der Waals surface area (Å²) in [6.07, 6.45) is 3.74. The number of nitrogens with zero attached hydrogens (tertiary/aromatic N) is 1. The second-order valence-electron chi connectivity index (χ2n) is 7.51. The first kappa shape index (κ1) is 18.3. The van der Waals surface area contributed by atoms with Gasteiger partial charge in [0.15, 0.2) is 0 Å². The SMILES string of the molecule is CCC1(CO)CCN(C(=O)C2(c3cccc(F)c3)CCOCC2)CC1. The molecule has 0 saturated carbocycles. The molecule has 0 bridgehead atoms. The van der Waals surface area contributed by atoms with Gasteiger partial charge >= 0.3 is 0 Å². The Morgan fingerprint density at radius 2 is 1.92 bits per heavy atom. The van der Waals surface area contributed by atoms with Crippen LogP contribution in [0, 0.1) is 11.2 Å². The Hall–Kier alpha value is -1.46. The van der Waals surface area contributed by atoms with Crippen molar-refractivity contribution in [1.82, 2.24) is 4.90 Å². The first-order valence-corrected chi connectivity index (χ1v) is 9.29. The summed E-state index contributed by atoms with van der Waals surface area (Å²) >= 11 is 0. The zero-order valence-corrected chi connectivity index (χ0v) is 15.0. The molecule has 1 N–H and O–H groups in total. The topological polar surface area (TPSA) is 49.8 Å². The third-order valence-electron chi connectivity index (χ3n) is 6.33. The molecule has 4 nitrogen and oxygen atoms in total. The third kappa shape index (κ3) is 3.44. The van der Waals surface area contributed by atoms with Crippen LogP contribution < -0.4 is 0 Å². The van der Waals surface area contributed by atoms with Crippen LogP contribution in [0.15, 0.2) is 24.3 Å². The Kier molecular flexibility index (Phi) is 5.44. The van der Waals surface area contributed by atoms with Crippen molar-refractivity contribution in [3.05, 3.63) is 35.6 Å². The summed E-state index contributed by atoms with van der Waals surface area (Å²) in [6.45, 7) is 4.63. The Bertz CT molecular complexity index is 599. The van der Waals surface area contributed by atoms with Crippen molar-refractivity contribution >= 4 is 5.91 Å². The summed E-state index contributed by atoms with van der Waals surface area (Å²) in [4.78, 5) is 15.4. The number of likely N-dealkylation sites (tertiary alicyclic amines) is 1. The van der Waals surface area contributed by atoms with Crippen LogP contribution in [0.3, 0.4) is 0 Å². The van der Waals surface area contributed by atoms with Crippen LogP contribution in [-0.4, -0.2) is 48.8 Å². The second kappa shape index (κ2) is 7.42. The average Bonchev–Trinajstić information content (AvgIpc) is 2.68. The van der Waals surface area contributed by atoms with Gasteiger partial charge in [0, 0.05) is 32.9 Å². The Morgan fingerprint density at radius 1 is 1.24 bits per heavy atom. The molecule has 5 heteroatoms. The fourth-order valence-corrected chi connectivity index (χ4v) is 4.24. The van der Waals surface area contributed by atoms with E-state index in [0.29, 0.717) is 39.1 Å². The molecule has 0 atom stereocenters. The molecule has 2 aliphatic rings. The molecule has 0 radical (unpaired) electrons. The highest BCUT2D eigenvalue weighted by molar-refractivity contribution is 5.88. The fraction of sp³-hybridized carbons (Fsp3) is 0.650. The number of piperidine rings is 1. The van der Waals surface area contributed by atoms with Gasteiger partial charge in [0.2, 0.25) is 5.91 Å². The van der Waals surface area contributed by atoms with E-state index in [4.69, 9.17) is 4.74 Å². The van der Waals surface area contributed by atoms with E-state index in [0.717, 1.165) is 24.8 Å². The minimum absolute atomic E-state index is 0.0571. The maximum Gasteiger partial charge on any atom is 0.233 e. The maximum absolute atomic E-state index is 13.8. The highest BCUT2D eigenvalue weighted by Crippen LogP contribution is 2.40. The normalized spacial score (nSPS) is 22.6. The van der Waals surface area contributed by atoms with E-state index < -0.39 is 5.41 Å². The summed E-state index contributed by atoms with van der Waals surface area (Å²) < 4.78 is 19.3. The molecule has 0 spiro atoms. The smallest absolute Gasteiger partial charge is 0.233 e. The van der Waals surface area contributed by atoms with Crippen LogP contribution in [0.2, 0.25) is 0 Å². The first-order chi connectivity index (χ1) is 12.1. The van der Waals surface area contributed by atoms with E-state index in [1.54, 1.807) is 6.07 Å². The number of aliphatic hydroxyl groups is 1. The lowest BCUT2D eigenvalue weighted by Gasteiger charge is -2.45. The zero-order chi connectivity index (χ0) is 17.9. The number of ether oxygens (including phenoxy) is 1. The number of benzene rings is 1. The molecule has 138 valence electrons. The summed E-state index contributed by atoms with van der Waals surface area (Å²) in [6, 6.07) is 6.45. The van der Waals surface area contributed by atoms with E-state index in [9.17, 15) is 14.3 Å². The molecule has 25 heavy (non-hydrogen) atoms. The molecular formula is C20H28FNO3. The Balaban J connectivity index is 1.84. The molecule has 1 aromatic carbocycles. The molecule has 2 heterocycles. The summed E-state index contributed by atoms with van der Waals surface area (Å²) in [7, 11) is 0. The van der Waals surface area contributed by atoms with Gasteiger partial charge in [-0.3, -0.25) is 4.79 Å². The molecule has 0 unspecified atom stereocenters. The molecule has 2 fully saturated rings. The van der Waals surface area contributed by atoms with Gasteiger partial charge in [0.05, 0.1) is 5.41 Å². The molecule has 2 saturated heterocycles. The lowest BCUT2D eigenvalue weighted by Crippen LogP contribution is -2.53. The van der Waals surface area contributed by atoms with Crippen molar-refractivity contribution in [3.8, 4) is 0 Å². The number of hydrogen-bond donors (Lipinski definition) is 1. The van der Waals surface area contributed by atoms with Gasteiger partial charge < -0.3 is 14.7 Å². The van der Waals surface area contributed by atoms with Crippen molar-refractivity contribution in [3.63, 3.8) is 0 Å². The minimum atomic E-state index is -0.689. The van der Waals surface area contributed by atoms with Crippen LogP contribution in [0.5, 0.6) is 0 Å².